The van der Waals surface area contributed by atoms with Crippen LogP contribution in [0.4, 0.5) is 0 Å². The van der Waals surface area contributed by atoms with Gasteiger partial charge in [0.2, 0.25) is 5.91 Å². The summed E-state index contributed by atoms with van der Waals surface area (Å²) in [7, 11) is 0. The average molecular weight is 270 g/mol. The molecule has 0 aliphatic carbocycles. The Morgan fingerprint density at radius 2 is 2.16 bits per heavy atom. The minimum absolute atomic E-state index is 0.0408. The van der Waals surface area contributed by atoms with E-state index in [9.17, 15) is 9.59 Å². The lowest BCUT2D eigenvalue weighted by atomic mass is 9.97. The number of ether oxygens (including phenoxy) is 1. The fourth-order valence-corrected chi connectivity index (χ4v) is 2.39. The number of nitrogens with zero attached hydrogens (tertiary/aromatic N) is 1. The van der Waals surface area contributed by atoms with Crippen LogP contribution in [0.2, 0.25) is 0 Å². The molecule has 19 heavy (non-hydrogen) atoms. The Kier molecular flexibility index (Phi) is 6.84. The van der Waals surface area contributed by atoms with Gasteiger partial charge in [-0.1, -0.05) is 13.8 Å². The minimum Gasteiger partial charge on any atom is -0.466 e. The molecule has 0 saturated carbocycles. The predicted molar refractivity (Wildman–Crippen MR) is 73.6 cm³/mol. The van der Waals surface area contributed by atoms with Crippen molar-refractivity contribution in [3.05, 3.63) is 0 Å². The van der Waals surface area contributed by atoms with E-state index < -0.39 is 0 Å². The molecule has 1 heterocycles. The summed E-state index contributed by atoms with van der Waals surface area (Å²) in [5, 5.41) is 3.18. The maximum Gasteiger partial charge on any atom is 0.310 e. The van der Waals surface area contributed by atoms with Gasteiger partial charge in [0.25, 0.3) is 0 Å². The smallest absolute Gasteiger partial charge is 0.310 e. The van der Waals surface area contributed by atoms with Crippen molar-refractivity contribution in [2.24, 2.45) is 11.8 Å². The van der Waals surface area contributed by atoms with Crippen LogP contribution in [0, 0.1) is 11.8 Å². The van der Waals surface area contributed by atoms with Gasteiger partial charge in [0.1, 0.15) is 0 Å². The van der Waals surface area contributed by atoms with Crippen molar-refractivity contribution in [3.63, 3.8) is 0 Å². The monoisotopic (exact) mass is 270 g/mol. The van der Waals surface area contributed by atoms with Gasteiger partial charge in [0.05, 0.1) is 12.5 Å². The van der Waals surface area contributed by atoms with Crippen molar-refractivity contribution in [2.75, 3.05) is 32.8 Å². The van der Waals surface area contributed by atoms with Gasteiger partial charge in [-0.2, -0.15) is 0 Å². The van der Waals surface area contributed by atoms with Crippen molar-refractivity contribution in [1.82, 2.24) is 10.2 Å². The van der Waals surface area contributed by atoms with Crippen LogP contribution < -0.4 is 5.32 Å². The second-order valence-electron chi connectivity index (χ2n) is 5.08. The highest BCUT2D eigenvalue weighted by Gasteiger charge is 2.30. The number of hydrogen-bond acceptors (Lipinski definition) is 4. The predicted octanol–water partition coefficient (Wildman–Crippen LogP) is 1.03. The molecule has 5 nitrogen and oxygen atoms in total. The normalized spacial score (nSPS) is 21.0. The summed E-state index contributed by atoms with van der Waals surface area (Å²) in [4.78, 5) is 25.8. The molecule has 1 N–H and O–H groups in total. The van der Waals surface area contributed by atoms with Gasteiger partial charge in [0.15, 0.2) is 0 Å². The Labute approximate surface area is 115 Å². The summed E-state index contributed by atoms with van der Waals surface area (Å²) in [5.74, 6) is -0.223. The number of amides is 1. The van der Waals surface area contributed by atoms with E-state index in [0.29, 0.717) is 19.7 Å². The lowest BCUT2D eigenvalue weighted by molar-refractivity contribution is -0.151. The van der Waals surface area contributed by atoms with Crippen LogP contribution in [0.1, 0.15) is 33.6 Å². The first kappa shape index (κ1) is 16.0. The number of carbonyl (C=O) groups excluding carboxylic acids is 2. The lowest BCUT2D eigenvalue weighted by Gasteiger charge is -2.33. The molecular weight excluding hydrogens is 244 g/mol. The zero-order valence-corrected chi connectivity index (χ0v) is 12.3. The molecule has 110 valence electrons. The van der Waals surface area contributed by atoms with Crippen molar-refractivity contribution in [2.45, 2.75) is 33.6 Å². The molecule has 2 atom stereocenters. The van der Waals surface area contributed by atoms with Gasteiger partial charge in [-0.25, -0.2) is 0 Å². The third kappa shape index (κ3) is 4.82. The van der Waals surface area contributed by atoms with Crippen LogP contribution in [0.3, 0.4) is 0 Å². The molecule has 0 aromatic heterocycles. The quantitative estimate of drug-likeness (QED) is 0.733. The number of esters is 1. The van der Waals surface area contributed by atoms with Crippen LogP contribution in [0.25, 0.3) is 0 Å². The molecule has 2 unspecified atom stereocenters. The highest BCUT2D eigenvalue weighted by molar-refractivity contribution is 5.80. The summed E-state index contributed by atoms with van der Waals surface area (Å²) in [6.45, 7) is 8.98. The van der Waals surface area contributed by atoms with Crippen molar-refractivity contribution in [3.8, 4) is 0 Å². The van der Waals surface area contributed by atoms with Gasteiger partial charge in [0, 0.05) is 25.6 Å². The van der Waals surface area contributed by atoms with Crippen LogP contribution in [0.15, 0.2) is 0 Å². The largest absolute Gasteiger partial charge is 0.466 e. The van der Waals surface area contributed by atoms with Gasteiger partial charge in [-0.15, -0.1) is 0 Å². The fraction of sp³-hybridized carbons (Fsp3) is 0.857. The van der Waals surface area contributed by atoms with E-state index in [0.717, 1.165) is 25.9 Å². The third-order valence-electron chi connectivity index (χ3n) is 3.48. The molecule has 0 spiro atoms. The van der Waals surface area contributed by atoms with E-state index in [2.05, 4.69) is 5.32 Å². The van der Waals surface area contributed by atoms with E-state index in [1.807, 2.05) is 25.7 Å². The second-order valence-corrected chi connectivity index (χ2v) is 5.08. The molecule has 1 amide bonds. The number of carbonyl (C=O) groups is 2. The Morgan fingerprint density at radius 3 is 2.79 bits per heavy atom. The molecule has 0 aromatic rings. The molecule has 1 aliphatic heterocycles. The van der Waals surface area contributed by atoms with E-state index in [-0.39, 0.29) is 23.7 Å². The Hall–Kier alpha value is -1.10. The third-order valence-corrected chi connectivity index (χ3v) is 3.48. The maximum absolute atomic E-state index is 12.3. The molecule has 0 radical (unpaired) electrons. The average Bonchev–Trinajstić information content (AvgIpc) is 2.44. The molecule has 5 heteroatoms. The minimum atomic E-state index is -0.167. The van der Waals surface area contributed by atoms with Gasteiger partial charge < -0.3 is 15.0 Å². The first-order chi connectivity index (χ1) is 9.10. The number of nitrogens with one attached hydrogen (secondary N) is 1. The van der Waals surface area contributed by atoms with Gasteiger partial charge >= 0.3 is 5.97 Å². The molecule has 0 aromatic carbocycles. The number of piperidine rings is 1. The zero-order valence-electron chi connectivity index (χ0n) is 12.3. The SMILES string of the molecule is CCNCC(C)C(=O)N1CCCC(C(=O)OCC)C1. The number of rotatable bonds is 6. The topological polar surface area (TPSA) is 58.6 Å². The first-order valence-corrected chi connectivity index (χ1v) is 7.26. The number of hydrogen-bond donors (Lipinski definition) is 1. The number of likely N-dealkylation sites (tertiary alicyclic amines) is 1. The molecule has 1 rings (SSSR count). The molecular formula is C14H26N2O3. The summed E-state index contributed by atoms with van der Waals surface area (Å²) in [6, 6.07) is 0. The summed E-state index contributed by atoms with van der Waals surface area (Å²) >= 11 is 0. The van der Waals surface area contributed by atoms with Crippen molar-refractivity contribution >= 4 is 11.9 Å². The molecule has 0 bridgehead atoms. The van der Waals surface area contributed by atoms with Crippen LogP contribution in [-0.4, -0.2) is 49.6 Å². The zero-order chi connectivity index (χ0) is 14.3. The highest BCUT2D eigenvalue weighted by Crippen LogP contribution is 2.19. The van der Waals surface area contributed by atoms with E-state index >= 15 is 0 Å². The highest BCUT2D eigenvalue weighted by atomic mass is 16.5. The maximum atomic E-state index is 12.3. The fourth-order valence-electron chi connectivity index (χ4n) is 2.39. The van der Waals surface area contributed by atoms with E-state index in [1.54, 1.807) is 0 Å². The van der Waals surface area contributed by atoms with Crippen LogP contribution >= 0.6 is 0 Å². The van der Waals surface area contributed by atoms with E-state index in [1.165, 1.54) is 0 Å². The Balaban J connectivity index is 2.49. The summed E-state index contributed by atoms with van der Waals surface area (Å²) < 4.78 is 5.05. The van der Waals surface area contributed by atoms with Crippen LogP contribution in [-0.2, 0) is 14.3 Å². The standard InChI is InChI=1S/C14H26N2O3/c1-4-15-9-11(3)13(17)16-8-6-7-12(10-16)14(18)19-5-2/h11-12,15H,4-10H2,1-3H3. The van der Waals surface area contributed by atoms with Crippen molar-refractivity contribution in [1.29, 1.82) is 0 Å². The summed E-state index contributed by atoms with van der Waals surface area (Å²) in [5.41, 5.74) is 0. The van der Waals surface area contributed by atoms with Gasteiger partial charge in [-0.05, 0) is 26.3 Å². The molecule has 1 aliphatic rings. The lowest BCUT2D eigenvalue weighted by Crippen LogP contribution is -2.46. The second kappa shape index (κ2) is 8.15. The van der Waals surface area contributed by atoms with E-state index in [4.69, 9.17) is 4.74 Å². The first-order valence-electron chi connectivity index (χ1n) is 7.26. The Bertz CT molecular complexity index is 307. The van der Waals surface area contributed by atoms with Crippen LogP contribution in [0.5, 0.6) is 0 Å². The Morgan fingerprint density at radius 1 is 1.42 bits per heavy atom. The molecule has 1 fully saturated rings. The molecule has 1 saturated heterocycles. The van der Waals surface area contributed by atoms with Gasteiger partial charge in [-0.3, -0.25) is 9.59 Å². The summed E-state index contributed by atoms with van der Waals surface area (Å²) in [6.07, 6.45) is 1.70. The van der Waals surface area contributed by atoms with Crippen molar-refractivity contribution < 1.29 is 14.3 Å².